The summed E-state index contributed by atoms with van der Waals surface area (Å²) in [6.07, 6.45) is 4.05. The molecule has 1 atom stereocenters. The summed E-state index contributed by atoms with van der Waals surface area (Å²) in [4.78, 5) is 7.77. The van der Waals surface area contributed by atoms with Crippen LogP contribution in [0.3, 0.4) is 0 Å². The Morgan fingerprint density at radius 3 is 2.32 bits per heavy atom. The summed E-state index contributed by atoms with van der Waals surface area (Å²) >= 11 is 0. The standard InChI is InChI=1S/C15H32N4/c1-3-15(19-9-6-16-7-10-19)5-4-8-18-13-11-17(2)12-14-18/h15-16H,3-14H2,1-2H3. The van der Waals surface area contributed by atoms with Gasteiger partial charge in [0.15, 0.2) is 0 Å². The average Bonchev–Trinajstić information content (AvgIpc) is 2.46. The van der Waals surface area contributed by atoms with Crippen molar-refractivity contribution in [2.24, 2.45) is 0 Å². The smallest absolute Gasteiger partial charge is 0.0110 e. The molecule has 0 spiro atoms. The fraction of sp³-hybridized carbons (Fsp3) is 1.00. The van der Waals surface area contributed by atoms with Crippen molar-refractivity contribution in [1.82, 2.24) is 20.0 Å². The van der Waals surface area contributed by atoms with E-state index in [-0.39, 0.29) is 0 Å². The molecular formula is C15H32N4. The Hall–Kier alpha value is -0.160. The van der Waals surface area contributed by atoms with Crippen molar-refractivity contribution in [3.8, 4) is 0 Å². The van der Waals surface area contributed by atoms with Gasteiger partial charge in [-0.25, -0.2) is 0 Å². The molecule has 2 rings (SSSR count). The van der Waals surface area contributed by atoms with E-state index in [1.807, 2.05) is 0 Å². The lowest BCUT2D eigenvalue weighted by atomic mass is 10.1. The van der Waals surface area contributed by atoms with Crippen LogP contribution in [-0.4, -0.2) is 86.7 Å². The third-order valence-electron chi connectivity index (χ3n) is 4.75. The summed E-state index contributed by atoms with van der Waals surface area (Å²) in [5, 5.41) is 3.45. The lowest BCUT2D eigenvalue weighted by Gasteiger charge is -2.36. The summed E-state index contributed by atoms with van der Waals surface area (Å²) in [6.45, 7) is 13.5. The Balaban J connectivity index is 1.62. The molecule has 2 heterocycles. The fourth-order valence-electron chi connectivity index (χ4n) is 3.31. The van der Waals surface area contributed by atoms with E-state index in [2.05, 4.69) is 34.0 Å². The van der Waals surface area contributed by atoms with Gasteiger partial charge >= 0.3 is 0 Å². The maximum Gasteiger partial charge on any atom is 0.0110 e. The van der Waals surface area contributed by atoms with Crippen LogP contribution in [-0.2, 0) is 0 Å². The molecule has 0 amide bonds. The zero-order chi connectivity index (χ0) is 13.5. The molecule has 0 aliphatic carbocycles. The maximum absolute atomic E-state index is 3.45. The molecule has 0 aromatic rings. The van der Waals surface area contributed by atoms with Crippen LogP contribution < -0.4 is 5.32 Å². The van der Waals surface area contributed by atoms with Crippen LogP contribution in [0.5, 0.6) is 0 Å². The molecule has 0 aromatic heterocycles. The van der Waals surface area contributed by atoms with Crippen LogP contribution in [0.15, 0.2) is 0 Å². The number of hydrogen-bond donors (Lipinski definition) is 1. The first-order valence-electron chi connectivity index (χ1n) is 8.15. The molecule has 19 heavy (non-hydrogen) atoms. The molecule has 112 valence electrons. The van der Waals surface area contributed by atoms with E-state index in [9.17, 15) is 0 Å². The van der Waals surface area contributed by atoms with Gasteiger partial charge < -0.3 is 15.1 Å². The van der Waals surface area contributed by atoms with E-state index in [0.29, 0.717) is 0 Å². The molecule has 0 radical (unpaired) electrons. The minimum absolute atomic E-state index is 0.814. The molecule has 2 saturated heterocycles. The molecule has 2 fully saturated rings. The van der Waals surface area contributed by atoms with Gasteiger partial charge in [-0.3, -0.25) is 4.90 Å². The third kappa shape index (κ3) is 5.03. The number of hydrogen-bond acceptors (Lipinski definition) is 4. The van der Waals surface area contributed by atoms with Gasteiger partial charge in [-0.2, -0.15) is 0 Å². The van der Waals surface area contributed by atoms with Crippen LogP contribution in [0, 0.1) is 0 Å². The summed E-state index contributed by atoms with van der Waals surface area (Å²) in [7, 11) is 2.23. The van der Waals surface area contributed by atoms with Crippen molar-refractivity contribution in [3.63, 3.8) is 0 Å². The summed E-state index contributed by atoms with van der Waals surface area (Å²) in [6, 6.07) is 0.814. The van der Waals surface area contributed by atoms with E-state index < -0.39 is 0 Å². The number of nitrogens with one attached hydrogen (secondary N) is 1. The average molecular weight is 268 g/mol. The van der Waals surface area contributed by atoms with Gasteiger partial charge in [0.1, 0.15) is 0 Å². The third-order valence-corrected chi connectivity index (χ3v) is 4.75. The molecule has 2 aliphatic rings. The van der Waals surface area contributed by atoms with Gasteiger partial charge in [-0.05, 0) is 32.9 Å². The number of piperazine rings is 2. The number of rotatable bonds is 6. The first-order valence-corrected chi connectivity index (χ1v) is 8.15. The van der Waals surface area contributed by atoms with Crippen LogP contribution in [0.25, 0.3) is 0 Å². The van der Waals surface area contributed by atoms with Crippen LogP contribution in [0.1, 0.15) is 26.2 Å². The molecule has 2 aliphatic heterocycles. The summed E-state index contributed by atoms with van der Waals surface area (Å²) < 4.78 is 0. The van der Waals surface area contributed by atoms with Gasteiger partial charge in [-0.15, -0.1) is 0 Å². The van der Waals surface area contributed by atoms with E-state index in [1.54, 1.807) is 0 Å². The second-order valence-electron chi connectivity index (χ2n) is 6.14. The van der Waals surface area contributed by atoms with E-state index in [4.69, 9.17) is 0 Å². The van der Waals surface area contributed by atoms with Gasteiger partial charge in [0.2, 0.25) is 0 Å². The topological polar surface area (TPSA) is 21.8 Å². The van der Waals surface area contributed by atoms with Gasteiger partial charge in [0, 0.05) is 58.4 Å². The highest BCUT2D eigenvalue weighted by molar-refractivity contribution is 4.77. The van der Waals surface area contributed by atoms with Crippen molar-refractivity contribution in [1.29, 1.82) is 0 Å². The Kier molecular flexibility index (Phi) is 6.57. The predicted molar refractivity (Wildman–Crippen MR) is 81.7 cm³/mol. The first-order chi connectivity index (χ1) is 9.29. The molecule has 0 aromatic carbocycles. The zero-order valence-electron chi connectivity index (χ0n) is 12.9. The van der Waals surface area contributed by atoms with E-state index >= 15 is 0 Å². The molecule has 0 bridgehead atoms. The van der Waals surface area contributed by atoms with Crippen molar-refractivity contribution in [3.05, 3.63) is 0 Å². The molecule has 4 heteroatoms. The van der Waals surface area contributed by atoms with Crippen LogP contribution in [0.2, 0.25) is 0 Å². The van der Waals surface area contributed by atoms with Gasteiger partial charge in [0.25, 0.3) is 0 Å². The van der Waals surface area contributed by atoms with E-state index in [1.165, 1.54) is 78.2 Å². The number of nitrogens with zero attached hydrogens (tertiary/aromatic N) is 3. The van der Waals surface area contributed by atoms with Gasteiger partial charge in [0.05, 0.1) is 0 Å². The largest absolute Gasteiger partial charge is 0.314 e. The summed E-state index contributed by atoms with van der Waals surface area (Å²) in [5.74, 6) is 0. The lowest BCUT2D eigenvalue weighted by Crippen LogP contribution is -2.48. The molecule has 1 N–H and O–H groups in total. The zero-order valence-corrected chi connectivity index (χ0v) is 12.9. The Labute approximate surface area is 119 Å². The second-order valence-corrected chi connectivity index (χ2v) is 6.14. The predicted octanol–water partition coefficient (Wildman–Crippen LogP) is 0.698. The van der Waals surface area contributed by atoms with Gasteiger partial charge in [-0.1, -0.05) is 6.92 Å². The molecule has 1 unspecified atom stereocenters. The first kappa shape index (κ1) is 15.2. The minimum Gasteiger partial charge on any atom is -0.314 e. The highest BCUT2D eigenvalue weighted by atomic mass is 15.2. The van der Waals surface area contributed by atoms with Crippen LogP contribution in [0.4, 0.5) is 0 Å². The van der Waals surface area contributed by atoms with Crippen molar-refractivity contribution in [2.45, 2.75) is 32.2 Å². The monoisotopic (exact) mass is 268 g/mol. The molecule has 0 saturated carbocycles. The summed E-state index contributed by atoms with van der Waals surface area (Å²) in [5.41, 5.74) is 0. The van der Waals surface area contributed by atoms with Crippen molar-refractivity contribution < 1.29 is 0 Å². The fourth-order valence-corrected chi connectivity index (χ4v) is 3.31. The molecular weight excluding hydrogens is 236 g/mol. The number of likely N-dealkylation sites (N-methyl/N-ethyl adjacent to an activating group) is 1. The quantitative estimate of drug-likeness (QED) is 0.765. The minimum atomic E-state index is 0.814. The Morgan fingerprint density at radius 2 is 1.68 bits per heavy atom. The van der Waals surface area contributed by atoms with Crippen LogP contribution >= 0.6 is 0 Å². The normalized spacial score (nSPS) is 25.6. The Morgan fingerprint density at radius 1 is 1.00 bits per heavy atom. The second kappa shape index (κ2) is 8.20. The van der Waals surface area contributed by atoms with E-state index in [0.717, 1.165) is 6.04 Å². The molecule has 4 nitrogen and oxygen atoms in total. The maximum atomic E-state index is 3.45. The van der Waals surface area contributed by atoms with Crippen molar-refractivity contribution in [2.75, 3.05) is 66.0 Å². The Bertz CT molecular complexity index is 232. The lowest BCUT2D eigenvalue weighted by molar-refractivity contribution is 0.133. The highest BCUT2D eigenvalue weighted by Gasteiger charge is 2.19. The van der Waals surface area contributed by atoms with Crippen molar-refractivity contribution >= 4 is 0 Å². The highest BCUT2D eigenvalue weighted by Crippen LogP contribution is 2.13. The SMILES string of the molecule is CCC(CCCN1CCN(C)CC1)N1CCNCC1.